The number of halogens is 3. The van der Waals surface area contributed by atoms with Crippen molar-refractivity contribution in [2.75, 3.05) is 0 Å². The summed E-state index contributed by atoms with van der Waals surface area (Å²) in [4.78, 5) is 9.80. The lowest BCUT2D eigenvalue weighted by atomic mass is 10.7. The van der Waals surface area contributed by atoms with Crippen molar-refractivity contribution in [3.8, 4) is 0 Å². The molecular formula is C2H4Cl3NO3. The van der Waals surface area contributed by atoms with E-state index < -0.39 is 11.5 Å². The second-order valence-corrected chi connectivity index (χ2v) is 2.25. The highest BCUT2D eigenvalue weighted by Gasteiger charge is 2.18. The summed E-state index contributed by atoms with van der Waals surface area (Å²) < 4.78 is 0.351. The molecule has 4 nitrogen and oxygen atoms in total. The van der Waals surface area contributed by atoms with E-state index in [0.717, 1.165) is 0 Å². The Morgan fingerprint density at radius 1 is 1.56 bits per heavy atom. The summed E-state index contributed by atoms with van der Waals surface area (Å²) in [6.45, 7) is 0. The van der Waals surface area contributed by atoms with Crippen LogP contribution in [0, 0.1) is 0 Å². The summed E-state index contributed by atoms with van der Waals surface area (Å²) in [6, 6.07) is 0. The first-order chi connectivity index (χ1) is 3.55. The summed E-state index contributed by atoms with van der Waals surface area (Å²) in [5.74, 6) is -1.28. The summed E-state index contributed by atoms with van der Waals surface area (Å²) in [6.07, 6.45) is 0. The van der Waals surface area contributed by atoms with Crippen molar-refractivity contribution in [2.24, 2.45) is 0 Å². The number of carbonyl (C=O) groups is 1. The van der Waals surface area contributed by atoms with Crippen molar-refractivity contribution in [2.45, 2.75) is 5.50 Å². The first-order valence-corrected chi connectivity index (χ1v) is 2.64. The van der Waals surface area contributed by atoms with Gasteiger partial charge in [-0.05, 0) is 23.6 Å². The minimum atomic E-state index is -1.38. The van der Waals surface area contributed by atoms with Gasteiger partial charge in [0, 0.05) is 0 Å². The van der Waals surface area contributed by atoms with Crippen LogP contribution in [-0.4, -0.2) is 26.0 Å². The van der Waals surface area contributed by atoms with E-state index in [2.05, 4.69) is 0 Å². The lowest BCUT2D eigenvalue weighted by Gasteiger charge is -2.04. The molecule has 0 radical (unpaired) electrons. The van der Waals surface area contributed by atoms with Crippen molar-refractivity contribution in [3.05, 3.63) is 0 Å². The minimum absolute atomic E-state index is 0. The fraction of sp³-hybridized carbons (Fsp3) is 0.500. The standard InChI is InChI=1S/C2H2Cl3NO2.H2O/c3-1(2(7)8)6(4)5;/h1H,(H,7,8);1H2. The molecule has 0 amide bonds. The third-order valence-corrected chi connectivity index (χ3v) is 1.35. The highest BCUT2D eigenvalue weighted by Crippen LogP contribution is 2.10. The van der Waals surface area contributed by atoms with Gasteiger partial charge in [-0.3, -0.25) is 0 Å². The third-order valence-electron chi connectivity index (χ3n) is 0.375. The Balaban J connectivity index is 0. The first kappa shape index (κ1) is 12.0. The summed E-state index contributed by atoms with van der Waals surface area (Å²) in [5, 5.41) is 8.01. The van der Waals surface area contributed by atoms with Crippen LogP contribution in [0.4, 0.5) is 0 Å². The molecular weight excluding hydrogens is 192 g/mol. The largest absolute Gasteiger partial charge is 0.479 e. The number of hydrogen-bond donors (Lipinski definition) is 1. The van der Waals surface area contributed by atoms with Gasteiger partial charge in [0.05, 0.1) is 0 Å². The molecule has 0 saturated carbocycles. The highest BCUT2D eigenvalue weighted by atomic mass is 35.5. The van der Waals surface area contributed by atoms with Crippen molar-refractivity contribution in [3.63, 3.8) is 0 Å². The maximum Gasteiger partial charge on any atom is 0.339 e. The van der Waals surface area contributed by atoms with Crippen LogP contribution in [0.25, 0.3) is 0 Å². The van der Waals surface area contributed by atoms with Gasteiger partial charge in [0.2, 0.25) is 5.50 Å². The fourth-order valence-electron chi connectivity index (χ4n) is 0.0835. The zero-order chi connectivity index (χ0) is 6.73. The van der Waals surface area contributed by atoms with Gasteiger partial charge >= 0.3 is 5.97 Å². The number of carboxylic acids is 1. The molecule has 0 aromatic rings. The van der Waals surface area contributed by atoms with Gasteiger partial charge in [0.1, 0.15) is 0 Å². The predicted octanol–water partition coefficient (Wildman–Crippen LogP) is 0.421. The van der Waals surface area contributed by atoms with E-state index in [1.165, 1.54) is 0 Å². The molecule has 0 spiro atoms. The average molecular weight is 196 g/mol. The average Bonchev–Trinajstić information content (AvgIpc) is 1.64. The molecule has 3 N–H and O–H groups in total. The van der Waals surface area contributed by atoms with E-state index in [9.17, 15) is 4.79 Å². The molecule has 0 bridgehead atoms. The van der Waals surface area contributed by atoms with Crippen LogP contribution >= 0.6 is 35.2 Å². The Morgan fingerprint density at radius 3 is 1.89 bits per heavy atom. The highest BCUT2D eigenvalue weighted by molar-refractivity contribution is 6.41. The molecule has 0 heterocycles. The Bertz CT molecular complexity index is 97.1. The monoisotopic (exact) mass is 195 g/mol. The van der Waals surface area contributed by atoms with Gasteiger partial charge < -0.3 is 10.6 Å². The Kier molecular flexibility index (Phi) is 6.76. The van der Waals surface area contributed by atoms with E-state index in [1.807, 2.05) is 0 Å². The molecule has 7 heteroatoms. The van der Waals surface area contributed by atoms with Crippen LogP contribution in [0.2, 0.25) is 0 Å². The van der Waals surface area contributed by atoms with Crippen LogP contribution < -0.4 is 0 Å². The Morgan fingerprint density at radius 2 is 1.89 bits per heavy atom. The van der Waals surface area contributed by atoms with Crippen molar-refractivity contribution < 1.29 is 15.4 Å². The normalized spacial score (nSPS) is 12.4. The second kappa shape index (κ2) is 5.08. The zero-order valence-corrected chi connectivity index (χ0v) is 6.28. The van der Waals surface area contributed by atoms with Gasteiger partial charge in [-0.15, -0.1) is 3.94 Å². The van der Waals surface area contributed by atoms with Crippen LogP contribution in [0.5, 0.6) is 0 Å². The zero-order valence-electron chi connectivity index (χ0n) is 4.01. The molecule has 0 aromatic heterocycles. The first-order valence-electron chi connectivity index (χ1n) is 1.53. The minimum Gasteiger partial charge on any atom is -0.479 e. The maximum atomic E-state index is 9.80. The van der Waals surface area contributed by atoms with Crippen LogP contribution in [-0.2, 0) is 4.79 Å². The molecule has 0 saturated heterocycles. The molecule has 0 aromatic carbocycles. The van der Waals surface area contributed by atoms with Gasteiger partial charge in [-0.2, -0.15) is 0 Å². The summed E-state index contributed by atoms with van der Waals surface area (Å²) in [7, 11) is 0. The third kappa shape index (κ3) is 4.74. The number of rotatable bonds is 2. The Labute approximate surface area is 66.4 Å². The lowest BCUT2D eigenvalue weighted by Crippen LogP contribution is -2.22. The van der Waals surface area contributed by atoms with Crippen molar-refractivity contribution >= 4 is 41.1 Å². The van der Waals surface area contributed by atoms with Crippen LogP contribution in [0.15, 0.2) is 0 Å². The number of alkyl halides is 1. The van der Waals surface area contributed by atoms with E-state index in [4.69, 9.17) is 40.3 Å². The molecule has 1 atom stereocenters. The van der Waals surface area contributed by atoms with E-state index in [1.54, 1.807) is 0 Å². The molecule has 0 fully saturated rings. The van der Waals surface area contributed by atoms with Gasteiger partial charge in [-0.1, -0.05) is 11.6 Å². The topological polar surface area (TPSA) is 72.0 Å². The molecule has 1 unspecified atom stereocenters. The van der Waals surface area contributed by atoms with E-state index in [0.29, 0.717) is 3.94 Å². The van der Waals surface area contributed by atoms with Crippen molar-refractivity contribution in [1.29, 1.82) is 0 Å². The van der Waals surface area contributed by atoms with E-state index >= 15 is 0 Å². The molecule has 0 aliphatic rings. The van der Waals surface area contributed by atoms with Gasteiger partial charge in [0.25, 0.3) is 0 Å². The number of carboxylic acid groups (broad SMARTS) is 1. The molecule has 0 rings (SSSR count). The van der Waals surface area contributed by atoms with E-state index in [-0.39, 0.29) is 5.48 Å². The van der Waals surface area contributed by atoms with Crippen LogP contribution in [0.3, 0.4) is 0 Å². The predicted molar refractivity (Wildman–Crippen MR) is 34.4 cm³/mol. The molecule has 0 aliphatic heterocycles. The maximum absolute atomic E-state index is 9.80. The fourth-order valence-corrected chi connectivity index (χ4v) is 0.250. The summed E-state index contributed by atoms with van der Waals surface area (Å²) in [5.41, 5.74) is -1.38. The Hall–Kier alpha value is 0.260. The lowest BCUT2D eigenvalue weighted by molar-refractivity contribution is -0.137. The smallest absolute Gasteiger partial charge is 0.339 e. The second-order valence-electron chi connectivity index (χ2n) is 0.933. The van der Waals surface area contributed by atoms with Gasteiger partial charge in [-0.25, -0.2) is 4.79 Å². The number of nitrogens with zero attached hydrogens (tertiary/aromatic N) is 1. The number of hydrogen-bond acceptors (Lipinski definition) is 2. The van der Waals surface area contributed by atoms with Crippen LogP contribution in [0.1, 0.15) is 0 Å². The molecule has 9 heavy (non-hydrogen) atoms. The molecule has 0 aliphatic carbocycles. The molecule has 56 valence electrons. The number of aliphatic carboxylic acids is 1. The SMILES string of the molecule is O.O=C(O)C(Cl)N(Cl)Cl. The quantitative estimate of drug-likeness (QED) is 0.395. The van der Waals surface area contributed by atoms with Gasteiger partial charge in [0.15, 0.2) is 0 Å². The summed E-state index contributed by atoms with van der Waals surface area (Å²) >= 11 is 14.8. The van der Waals surface area contributed by atoms with Crippen molar-refractivity contribution in [1.82, 2.24) is 3.94 Å².